The van der Waals surface area contributed by atoms with Crippen molar-refractivity contribution in [3.05, 3.63) is 24.3 Å². The Morgan fingerprint density at radius 1 is 1.29 bits per heavy atom. The Balaban J connectivity index is 2.73. The average Bonchev–Trinajstić information content (AvgIpc) is 2.26. The molecule has 0 radical (unpaired) electrons. The molecule has 3 nitrogen and oxygen atoms in total. The number of hydrogen-bond acceptors (Lipinski definition) is 3. The summed E-state index contributed by atoms with van der Waals surface area (Å²) in [7, 11) is 1.67. The lowest BCUT2D eigenvalue weighted by Crippen LogP contribution is -2.28. The van der Waals surface area contributed by atoms with Crippen LogP contribution < -0.4 is 15.4 Å². The van der Waals surface area contributed by atoms with Crippen LogP contribution in [0.2, 0.25) is 0 Å². The average molecular weight is 194 g/mol. The summed E-state index contributed by atoms with van der Waals surface area (Å²) in [5.41, 5.74) is 6.73. The first kappa shape index (κ1) is 10.9. The largest absolute Gasteiger partial charge is 0.497 e. The molecule has 3 heteroatoms. The molecule has 0 heterocycles. The zero-order valence-corrected chi connectivity index (χ0v) is 8.86. The summed E-state index contributed by atoms with van der Waals surface area (Å²) in [5, 5.41) is 0. The summed E-state index contributed by atoms with van der Waals surface area (Å²) in [6.07, 6.45) is 0. The third-order valence-corrected chi connectivity index (χ3v) is 2.22. The molecule has 0 aliphatic carbocycles. The summed E-state index contributed by atoms with van der Waals surface area (Å²) in [6.45, 7) is 4.67. The highest BCUT2D eigenvalue weighted by atomic mass is 16.5. The van der Waals surface area contributed by atoms with Crippen molar-refractivity contribution in [2.75, 3.05) is 31.6 Å². The van der Waals surface area contributed by atoms with E-state index in [2.05, 4.69) is 24.0 Å². The summed E-state index contributed by atoms with van der Waals surface area (Å²) in [5.74, 6) is 0.887. The number of benzene rings is 1. The minimum atomic E-state index is 0.680. The monoisotopic (exact) mass is 194 g/mol. The van der Waals surface area contributed by atoms with E-state index in [0.29, 0.717) is 6.54 Å². The molecule has 2 N–H and O–H groups in total. The lowest BCUT2D eigenvalue weighted by atomic mass is 10.2. The van der Waals surface area contributed by atoms with Gasteiger partial charge in [0.1, 0.15) is 5.75 Å². The predicted molar refractivity (Wildman–Crippen MR) is 59.9 cm³/mol. The van der Waals surface area contributed by atoms with Gasteiger partial charge in [0, 0.05) is 25.3 Å². The number of anilines is 1. The molecule has 1 aromatic carbocycles. The molecule has 78 valence electrons. The number of nitrogens with two attached hydrogens (primary N) is 1. The van der Waals surface area contributed by atoms with Gasteiger partial charge in [-0.25, -0.2) is 0 Å². The number of nitrogens with zero attached hydrogens (tertiary/aromatic N) is 1. The van der Waals surface area contributed by atoms with Gasteiger partial charge in [-0.3, -0.25) is 0 Å². The molecule has 0 atom stereocenters. The van der Waals surface area contributed by atoms with E-state index < -0.39 is 0 Å². The molecule has 0 unspecified atom stereocenters. The quantitative estimate of drug-likeness (QED) is 0.771. The third-order valence-electron chi connectivity index (χ3n) is 2.22. The Hall–Kier alpha value is -1.22. The second kappa shape index (κ2) is 5.50. The van der Waals surface area contributed by atoms with Crippen LogP contribution in [-0.4, -0.2) is 26.7 Å². The second-order valence-corrected chi connectivity index (χ2v) is 3.07. The molecule has 0 bridgehead atoms. The van der Waals surface area contributed by atoms with E-state index in [4.69, 9.17) is 10.5 Å². The van der Waals surface area contributed by atoms with Crippen LogP contribution in [0.25, 0.3) is 0 Å². The van der Waals surface area contributed by atoms with Crippen LogP contribution in [0.5, 0.6) is 5.75 Å². The van der Waals surface area contributed by atoms with Crippen molar-refractivity contribution >= 4 is 5.69 Å². The molecule has 0 aliphatic heterocycles. The summed E-state index contributed by atoms with van der Waals surface area (Å²) in [6, 6.07) is 8.04. The molecular weight excluding hydrogens is 176 g/mol. The van der Waals surface area contributed by atoms with Gasteiger partial charge in [0.25, 0.3) is 0 Å². The zero-order valence-electron chi connectivity index (χ0n) is 8.86. The van der Waals surface area contributed by atoms with Crippen LogP contribution in [0, 0.1) is 0 Å². The molecular formula is C11H18N2O. The molecule has 0 aromatic heterocycles. The Morgan fingerprint density at radius 3 is 2.36 bits per heavy atom. The number of methoxy groups -OCH3 is 1. The van der Waals surface area contributed by atoms with Crippen molar-refractivity contribution in [1.29, 1.82) is 0 Å². The minimum Gasteiger partial charge on any atom is -0.497 e. The van der Waals surface area contributed by atoms with Gasteiger partial charge in [0.15, 0.2) is 0 Å². The molecule has 0 aliphatic rings. The summed E-state index contributed by atoms with van der Waals surface area (Å²) >= 11 is 0. The van der Waals surface area contributed by atoms with E-state index >= 15 is 0 Å². The molecule has 1 rings (SSSR count). The highest BCUT2D eigenvalue weighted by Crippen LogP contribution is 2.18. The molecule has 0 saturated carbocycles. The van der Waals surface area contributed by atoms with E-state index in [9.17, 15) is 0 Å². The van der Waals surface area contributed by atoms with E-state index in [0.717, 1.165) is 18.8 Å². The second-order valence-electron chi connectivity index (χ2n) is 3.07. The first-order valence-corrected chi connectivity index (χ1v) is 4.91. The fraction of sp³-hybridized carbons (Fsp3) is 0.455. The normalized spacial score (nSPS) is 9.93. The van der Waals surface area contributed by atoms with Crippen LogP contribution in [0.4, 0.5) is 5.69 Å². The topological polar surface area (TPSA) is 38.5 Å². The highest BCUT2D eigenvalue weighted by molar-refractivity contribution is 5.48. The van der Waals surface area contributed by atoms with Gasteiger partial charge >= 0.3 is 0 Å². The van der Waals surface area contributed by atoms with Crippen molar-refractivity contribution in [2.45, 2.75) is 6.92 Å². The van der Waals surface area contributed by atoms with Gasteiger partial charge in [-0.2, -0.15) is 0 Å². The molecule has 1 aromatic rings. The fourth-order valence-electron chi connectivity index (χ4n) is 1.42. The molecule has 0 fully saturated rings. The van der Waals surface area contributed by atoms with E-state index in [1.54, 1.807) is 7.11 Å². The van der Waals surface area contributed by atoms with Gasteiger partial charge < -0.3 is 15.4 Å². The van der Waals surface area contributed by atoms with Crippen LogP contribution in [0.3, 0.4) is 0 Å². The minimum absolute atomic E-state index is 0.680. The smallest absolute Gasteiger partial charge is 0.119 e. The third kappa shape index (κ3) is 2.64. The van der Waals surface area contributed by atoms with Crippen molar-refractivity contribution in [1.82, 2.24) is 0 Å². The number of rotatable bonds is 5. The van der Waals surface area contributed by atoms with E-state index in [1.165, 1.54) is 5.69 Å². The van der Waals surface area contributed by atoms with Gasteiger partial charge in [-0.1, -0.05) is 0 Å². The Morgan fingerprint density at radius 2 is 1.93 bits per heavy atom. The Labute approximate surface area is 85.5 Å². The van der Waals surface area contributed by atoms with Crippen LogP contribution in [0.1, 0.15) is 6.92 Å². The summed E-state index contributed by atoms with van der Waals surface area (Å²) in [4.78, 5) is 2.24. The van der Waals surface area contributed by atoms with Crippen molar-refractivity contribution in [3.63, 3.8) is 0 Å². The standard InChI is InChI=1S/C11H18N2O/c1-3-13(9-8-12)10-4-6-11(14-2)7-5-10/h4-7H,3,8-9,12H2,1-2H3. The molecule has 0 saturated heterocycles. The fourth-order valence-corrected chi connectivity index (χ4v) is 1.42. The Kier molecular flexibility index (Phi) is 4.26. The maximum absolute atomic E-state index is 5.53. The maximum atomic E-state index is 5.53. The van der Waals surface area contributed by atoms with Crippen molar-refractivity contribution in [2.24, 2.45) is 5.73 Å². The van der Waals surface area contributed by atoms with Crippen molar-refractivity contribution < 1.29 is 4.74 Å². The van der Waals surface area contributed by atoms with Gasteiger partial charge in [-0.15, -0.1) is 0 Å². The predicted octanol–water partition coefficient (Wildman–Crippen LogP) is 1.48. The van der Waals surface area contributed by atoms with E-state index in [1.807, 2.05) is 12.1 Å². The van der Waals surface area contributed by atoms with Crippen molar-refractivity contribution in [3.8, 4) is 5.75 Å². The summed E-state index contributed by atoms with van der Waals surface area (Å²) < 4.78 is 5.10. The van der Waals surface area contributed by atoms with Crippen LogP contribution in [0.15, 0.2) is 24.3 Å². The maximum Gasteiger partial charge on any atom is 0.119 e. The van der Waals surface area contributed by atoms with Crippen LogP contribution >= 0.6 is 0 Å². The Bertz CT molecular complexity index is 258. The first-order valence-electron chi connectivity index (χ1n) is 4.91. The highest BCUT2D eigenvalue weighted by Gasteiger charge is 2.02. The first-order chi connectivity index (χ1) is 6.81. The van der Waals surface area contributed by atoms with E-state index in [-0.39, 0.29) is 0 Å². The SMILES string of the molecule is CCN(CCN)c1ccc(OC)cc1. The molecule has 0 amide bonds. The molecule has 0 spiro atoms. The number of likely N-dealkylation sites (N-methyl/N-ethyl adjacent to an activating group) is 1. The van der Waals surface area contributed by atoms with Gasteiger partial charge in [0.2, 0.25) is 0 Å². The van der Waals surface area contributed by atoms with Gasteiger partial charge in [0.05, 0.1) is 7.11 Å². The lowest BCUT2D eigenvalue weighted by Gasteiger charge is -2.22. The van der Waals surface area contributed by atoms with Gasteiger partial charge in [-0.05, 0) is 31.2 Å². The number of hydrogen-bond donors (Lipinski definition) is 1. The number of ether oxygens (including phenoxy) is 1. The zero-order chi connectivity index (χ0) is 10.4. The van der Waals surface area contributed by atoms with Crippen LogP contribution in [-0.2, 0) is 0 Å². The lowest BCUT2D eigenvalue weighted by molar-refractivity contribution is 0.415. The molecule has 14 heavy (non-hydrogen) atoms.